The van der Waals surface area contributed by atoms with E-state index in [0.717, 1.165) is 23.6 Å². The van der Waals surface area contributed by atoms with Crippen LogP contribution >= 0.6 is 0 Å². The van der Waals surface area contributed by atoms with E-state index in [1.165, 1.54) is 0 Å². The Morgan fingerprint density at radius 1 is 0.821 bits per heavy atom. The molecule has 0 heterocycles. The summed E-state index contributed by atoms with van der Waals surface area (Å²) >= 11 is 0. The first kappa shape index (κ1) is 17.9. The maximum Gasteiger partial charge on any atom is 0.194 e. The summed E-state index contributed by atoms with van der Waals surface area (Å²) in [6.07, 6.45) is 0. The van der Waals surface area contributed by atoms with Gasteiger partial charge in [-0.3, -0.25) is 4.79 Å². The average Bonchev–Trinajstić information content (AvgIpc) is 2.74. The van der Waals surface area contributed by atoms with Crippen molar-refractivity contribution >= 4 is 16.6 Å². The summed E-state index contributed by atoms with van der Waals surface area (Å²) in [6, 6.07) is 20.8. The van der Waals surface area contributed by atoms with Gasteiger partial charge in [0.1, 0.15) is 17.4 Å². The van der Waals surface area contributed by atoms with Crippen LogP contribution in [0.5, 0.6) is 5.75 Å². The van der Waals surface area contributed by atoms with Crippen molar-refractivity contribution in [3.05, 3.63) is 102 Å². The molecular formula is C24H16F2O2. The molecule has 28 heavy (non-hydrogen) atoms. The third-order valence-corrected chi connectivity index (χ3v) is 4.71. The monoisotopic (exact) mass is 374 g/mol. The number of halogens is 2. The van der Waals surface area contributed by atoms with E-state index in [1.54, 1.807) is 55.6 Å². The lowest BCUT2D eigenvalue weighted by molar-refractivity contribution is 0.104. The molecule has 0 aliphatic carbocycles. The Morgan fingerprint density at radius 2 is 1.61 bits per heavy atom. The fourth-order valence-electron chi connectivity index (χ4n) is 3.34. The molecule has 0 fully saturated rings. The molecule has 0 spiro atoms. The first-order valence-electron chi connectivity index (χ1n) is 8.74. The van der Waals surface area contributed by atoms with Crippen molar-refractivity contribution in [2.45, 2.75) is 0 Å². The fourth-order valence-corrected chi connectivity index (χ4v) is 3.34. The van der Waals surface area contributed by atoms with E-state index in [4.69, 9.17) is 4.74 Å². The first-order chi connectivity index (χ1) is 13.6. The molecule has 0 aromatic heterocycles. The maximum atomic E-state index is 14.5. The van der Waals surface area contributed by atoms with Gasteiger partial charge < -0.3 is 4.74 Å². The van der Waals surface area contributed by atoms with E-state index < -0.39 is 11.6 Å². The van der Waals surface area contributed by atoms with E-state index in [9.17, 15) is 13.6 Å². The van der Waals surface area contributed by atoms with Crippen LogP contribution < -0.4 is 4.74 Å². The normalized spacial score (nSPS) is 10.8. The van der Waals surface area contributed by atoms with Gasteiger partial charge in [-0.2, -0.15) is 0 Å². The van der Waals surface area contributed by atoms with Crippen LogP contribution in [0.4, 0.5) is 8.78 Å². The summed E-state index contributed by atoms with van der Waals surface area (Å²) < 4.78 is 33.6. The number of carbonyl (C=O) groups excluding carboxylic acids is 1. The van der Waals surface area contributed by atoms with Gasteiger partial charge in [-0.1, -0.05) is 42.5 Å². The Bertz CT molecular complexity index is 1180. The van der Waals surface area contributed by atoms with Crippen LogP contribution in [0.2, 0.25) is 0 Å². The van der Waals surface area contributed by atoms with Crippen molar-refractivity contribution in [2.75, 3.05) is 7.11 Å². The minimum absolute atomic E-state index is 0.0528. The lowest BCUT2D eigenvalue weighted by Crippen LogP contribution is -2.05. The molecule has 0 unspecified atom stereocenters. The van der Waals surface area contributed by atoms with Crippen molar-refractivity contribution in [1.29, 1.82) is 0 Å². The predicted molar refractivity (Wildman–Crippen MR) is 106 cm³/mol. The number of ketones is 1. The molecule has 4 rings (SSSR count). The standard InChI is InChI=1S/C24H16F2O2/c1-28-18-9-11-19-16(13-18)7-10-20(21-14-17(25)8-12-22(21)26)23(19)24(27)15-5-3-2-4-6-15/h2-14H,1H3. The van der Waals surface area contributed by atoms with Gasteiger partial charge in [-0.25, -0.2) is 8.78 Å². The lowest BCUT2D eigenvalue weighted by Gasteiger charge is -2.14. The topological polar surface area (TPSA) is 26.3 Å². The Hall–Kier alpha value is -3.53. The van der Waals surface area contributed by atoms with Gasteiger partial charge in [0.15, 0.2) is 5.78 Å². The van der Waals surface area contributed by atoms with Crippen LogP contribution in [-0.4, -0.2) is 12.9 Å². The van der Waals surface area contributed by atoms with Gasteiger partial charge in [-0.05, 0) is 52.7 Å². The number of methoxy groups -OCH3 is 1. The van der Waals surface area contributed by atoms with Crippen molar-refractivity contribution < 1.29 is 18.3 Å². The minimum atomic E-state index is -0.587. The molecule has 0 atom stereocenters. The van der Waals surface area contributed by atoms with E-state index in [1.807, 2.05) is 12.1 Å². The highest BCUT2D eigenvalue weighted by Crippen LogP contribution is 2.35. The highest BCUT2D eigenvalue weighted by Gasteiger charge is 2.20. The van der Waals surface area contributed by atoms with Gasteiger partial charge >= 0.3 is 0 Å². The molecule has 0 N–H and O–H groups in total. The first-order valence-corrected chi connectivity index (χ1v) is 8.74. The lowest BCUT2D eigenvalue weighted by atomic mass is 9.89. The number of fused-ring (bicyclic) bond motifs is 1. The summed E-state index contributed by atoms with van der Waals surface area (Å²) in [7, 11) is 1.56. The van der Waals surface area contributed by atoms with E-state index in [2.05, 4.69) is 0 Å². The molecule has 138 valence electrons. The molecule has 2 nitrogen and oxygen atoms in total. The summed E-state index contributed by atoms with van der Waals surface area (Å²) in [5, 5.41) is 1.43. The van der Waals surface area contributed by atoms with Crippen molar-refractivity contribution in [1.82, 2.24) is 0 Å². The van der Waals surface area contributed by atoms with Crippen LogP contribution in [0, 0.1) is 11.6 Å². The second-order valence-corrected chi connectivity index (χ2v) is 6.39. The van der Waals surface area contributed by atoms with E-state index in [-0.39, 0.29) is 11.3 Å². The van der Waals surface area contributed by atoms with Crippen LogP contribution in [0.15, 0.2) is 78.9 Å². The van der Waals surface area contributed by atoms with Gasteiger partial charge in [-0.15, -0.1) is 0 Å². The molecule has 0 amide bonds. The number of hydrogen-bond donors (Lipinski definition) is 0. The van der Waals surface area contributed by atoms with Gasteiger partial charge in [0, 0.05) is 16.7 Å². The Morgan fingerprint density at radius 3 is 2.36 bits per heavy atom. The second-order valence-electron chi connectivity index (χ2n) is 6.39. The number of benzene rings is 4. The second kappa shape index (κ2) is 7.24. The van der Waals surface area contributed by atoms with Crippen LogP contribution in [0.25, 0.3) is 21.9 Å². The molecule has 0 radical (unpaired) electrons. The van der Waals surface area contributed by atoms with Crippen molar-refractivity contribution in [3.8, 4) is 16.9 Å². The van der Waals surface area contributed by atoms with E-state index in [0.29, 0.717) is 27.8 Å². The quantitative estimate of drug-likeness (QED) is 0.408. The largest absolute Gasteiger partial charge is 0.497 e. The molecule has 0 aliphatic rings. The molecule has 4 aromatic rings. The van der Waals surface area contributed by atoms with Crippen LogP contribution in [0.3, 0.4) is 0 Å². The zero-order valence-electron chi connectivity index (χ0n) is 15.1. The Labute approximate surface area is 161 Å². The highest BCUT2D eigenvalue weighted by molar-refractivity contribution is 6.20. The fraction of sp³-hybridized carbons (Fsp3) is 0.0417. The third-order valence-electron chi connectivity index (χ3n) is 4.71. The summed E-state index contributed by atoms with van der Waals surface area (Å²) in [5.74, 6) is -0.758. The Kier molecular flexibility index (Phi) is 4.62. The summed E-state index contributed by atoms with van der Waals surface area (Å²) in [4.78, 5) is 13.4. The molecule has 4 heteroatoms. The van der Waals surface area contributed by atoms with Gasteiger partial charge in [0.25, 0.3) is 0 Å². The highest BCUT2D eigenvalue weighted by atomic mass is 19.1. The zero-order valence-corrected chi connectivity index (χ0v) is 15.1. The number of rotatable bonds is 4. The van der Waals surface area contributed by atoms with Gasteiger partial charge in [0.05, 0.1) is 7.11 Å². The summed E-state index contributed by atoms with van der Waals surface area (Å²) in [6.45, 7) is 0. The maximum absolute atomic E-state index is 14.5. The Balaban J connectivity index is 2.05. The molecule has 0 aliphatic heterocycles. The van der Waals surface area contributed by atoms with Gasteiger partial charge in [0.2, 0.25) is 0 Å². The number of carbonyl (C=O) groups is 1. The zero-order chi connectivity index (χ0) is 19.7. The molecule has 0 saturated carbocycles. The molecular weight excluding hydrogens is 358 g/mol. The predicted octanol–water partition coefficient (Wildman–Crippen LogP) is 6.02. The van der Waals surface area contributed by atoms with Crippen molar-refractivity contribution in [2.24, 2.45) is 0 Å². The van der Waals surface area contributed by atoms with Crippen LogP contribution in [0.1, 0.15) is 15.9 Å². The molecule has 4 aromatic carbocycles. The SMILES string of the molecule is COc1ccc2c(C(=O)c3ccccc3)c(-c3cc(F)ccc3F)ccc2c1. The molecule has 0 bridgehead atoms. The number of hydrogen-bond acceptors (Lipinski definition) is 2. The number of ether oxygens (including phenoxy) is 1. The summed E-state index contributed by atoms with van der Waals surface area (Å²) in [5.41, 5.74) is 1.21. The van der Waals surface area contributed by atoms with Crippen molar-refractivity contribution in [3.63, 3.8) is 0 Å². The minimum Gasteiger partial charge on any atom is -0.497 e. The smallest absolute Gasteiger partial charge is 0.194 e. The average molecular weight is 374 g/mol. The van der Waals surface area contributed by atoms with E-state index >= 15 is 0 Å². The third kappa shape index (κ3) is 3.14. The van der Waals surface area contributed by atoms with Crippen LogP contribution in [-0.2, 0) is 0 Å². The molecule has 0 saturated heterocycles.